The highest BCUT2D eigenvalue weighted by molar-refractivity contribution is 6.31. The van der Waals surface area contributed by atoms with Crippen molar-refractivity contribution in [2.45, 2.75) is 71.7 Å². The van der Waals surface area contributed by atoms with Crippen LogP contribution in [0.3, 0.4) is 0 Å². The van der Waals surface area contributed by atoms with E-state index in [-0.39, 0.29) is 30.2 Å². The Bertz CT molecular complexity index is 1350. The fourth-order valence-corrected chi connectivity index (χ4v) is 4.27. The van der Waals surface area contributed by atoms with Crippen LogP contribution in [0.15, 0.2) is 46.5 Å². The lowest BCUT2D eigenvalue weighted by molar-refractivity contribution is -0.131. The van der Waals surface area contributed by atoms with Crippen LogP contribution in [-0.4, -0.2) is 70.6 Å². The highest BCUT2D eigenvalue weighted by Crippen LogP contribution is 2.15. The average Bonchev–Trinajstić information content (AvgIpc) is 3.40. The zero-order chi connectivity index (χ0) is 32.1. The number of hydrogen-bond acceptors (Lipinski definition) is 8. The number of aliphatic hydroxyl groups excluding tert-OH is 1. The van der Waals surface area contributed by atoms with Gasteiger partial charge in [0.15, 0.2) is 5.69 Å². The minimum absolute atomic E-state index is 0.0379. The van der Waals surface area contributed by atoms with Crippen LogP contribution in [0.5, 0.6) is 0 Å². The monoisotopic (exact) mass is 614 g/mol. The van der Waals surface area contributed by atoms with Crippen molar-refractivity contribution in [3.63, 3.8) is 0 Å². The van der Waals surface area contributed by atoms with Crippen molar-refractivity contribution in [3.8, 4) is 6.07 Å². The number of likely N-dealkylation sites (N-methyl/N-ethyl adjacent to an activating group) is 1. The highest BCUT2D eigenvalue weighted by atomic mass is 35.5. The second-order valence-corrected chi connectivity index (χ2v) is 11.0. The fourth-order valence-electron chi connectivity index (χ4n) is 4.07. The number of nitrogens with one attached hydrogen (secondary N) is 3. The fraction of sp³-hybridized carbons (Fsp3) is 0.467. The van der Waals surface area contributed by atoms with Crippen molar-refractivity contribution in [1.29, 1.82) is 5.26 Å². The molecule has 0 radical (unpaired) electrons. The first-order valence-electron chi connectivity index (χ1n) is 13.9. The van der Waals surface area contributed by atoms with Crippen molar-refractivity contribution < 1.29 is 28.8 Å². The first-order chi connectivity index (χ1) is 20.3. The van der Waals surface area contributed by atoms with Gasteiger partial charge in [-0.15, -0.1) is 0 Å². The van der Waals surface area contributed by atoms with Gasteiger partial charge >= 0.3 is 0 Å². The molecule has 1 aromatic carbocycles. The van der Waals surface area contributed by atoms with Gasteiger partial charge in [-0.3, -0.25) is 19.2 Å². The molecular weight excluding hydrogens is 576 g/mol. The minimum Gasteiger partial charge on any atom is -0.391 e. The first-order valence-corrected chi connectivity index (χ1v) is 14.3. The van der Waals surface area contributed by atoms with Gasteiger partial charge < -0.3 is 30.5 Å². The van der Waals surface area contributed by atoms with Crippen molar-refractivity contribution >= 4 is 35.2 Å². The van der Waals surface area contributed by atoms with Crippen molar-refractivity contribution in [2.75, 3.05) is 13.6 Å². The van der Waals surface area contributed by atoms with Crippen LogP contribution in [0, 0.1) is 24.2 Å². The quantitative estimate of drug-likeness (QED) is 0.134. The number of nitrogens with zero attached hydrogens (tertiary/aromatic N) is 3. The number of rotatable bonds is 15. The summed E-state index contributed by atoms with van der Waals surface area (Å²) in [4.78, 5) is 53.0. The van der Waals surface area contributed by atoms with E-state index in [1.807, 2.05) is 19.9 Å². The van der Waals surface area contributed by atoms with Crippen LogP contribution in [0.4, 0.5) is 0 Å². The molecule has 0 bridgehead atoms. The lowest BCUT2D eigenvalue weighted by atomic mass is 10.1. The topological polar surface area (TPSA) is 178 Å². The van der Waals surface area contributed by atoms with E-state index in [2.05, 4.69) is 21.1 Å². The van der Waals surface area contributed by atoms with E-state index < -0.39 is 41.8 Å². The number of halogens is 1. The number of nitriles is 1. The molecule has 0 unspecified atom stereocenters. The van der Waals surface area contributed by atoms with Crippen LogP contribution in [0.1, 0.15) is 61.8 Å². The number of allylic oxidation sites excluding steroid dienone is 1. The summed E-state index contributed by atoms with van der Waals surface area (Å²) in [5.74, 6) is -1.95. The van der Waals surface area contributed by atoms with E-state index in [9.17, 15) is 29.5 Å². The van der Waals surface area contributed by atoms with Crippen LogP contribution in [-0.2, 0) is 20.9 Å². The number of aromatic nitrogens is 1. The van der Waals surface area contributed by atoms with E-state index in [4.69, 9.17) is 16.1 Å². The predicted molar refractivity (Wildman–Crippen MR) is 159 cm³/mol. The number of benzene rings is 1. The Morgan fingerprint density at radius 2 is 1.84 bits per heavy atom. The lowest BCUT2D eigenvalue weighted by Gasteiger charge is -2.25. The van der Waals surface area contributed by atoms with Gasteiger partial charge in [-0.05, 0) is 50.7 Å². The summed E-state index contributed by atoms with van der Waals surface area (Å²) in [6.07, 6.45) is 1.42. The summed E-state index contributed by atoms with van der Waals surface area (Å²) in [5.41, 5.74) is 0.683. The molecule has 12 nitrogen and oxygen atoms in total. The Balaban J connectivity index is 2.10. The molecule has 0 saturated heterocycles. The summed E-state index contributed by atoms with van der Waals surface area (Å²) in [7, 11) is 1.59. The summed E-state index contributed by atoms with van der Waals surface area (Å²) in [6, 6.07) is 7.91. The number of aryl methyl sites for hydroxylation is 1. The molecule has 0 fully saturated rings. The Kier molecular flexibility index (Phi) is 13.9. The van der Waals surface area contributed by atoms with Crippen LogP contribution < -0.4 is 16.0 Å². The Labute approximate surface area is 256 Å². The number of amides is 4. The molecule has 4 amide bonds. The van der Waals surface area contributed by atoms with E-state index >= 15 is 0 Å². The molecule has 0 spiro atoms. The maximum absolute atomic E-state index is 13.2. The molecule has 1 aromatic heterocycles. The summed E-state index contributed by atoms with van der Waals surface area (Å²) in [5, 5.41) is 31.5. The van der Waals surface area contributed by atoms with Gasteiger partial charge in [0, 0.05) is 31.2 Å². The smallest absolute Gasteiger partial charge is 0.274 e. The zero-order valence-corrected chi connectivity index (χ0v) is 25.8. The van der Waals surface area contributed by atoms with Gasteiger partial charge in [0.1, 0.15) is 29.5 Å². The van der Waals surface area contributed by atoms with E-state index in [1.165, 1.54) is 17.9 Å². The molecule has 0 saturated carbocycles. The van der Waals surface area contributed by atoms with Gasteiger partial charge in [-0.25, -0.2) is 0 Å². The maximum Gasteiger partial charge on any atom is 0.274 e. The number of unbranched alkanes of at least 4 members (excludes halogenated alkanes) is 1. The molecule has 232 valence electrons. The van der Waals surface area contributed by atoms with Crippen LogP contribution >= 0.6 is 11.6 Å². The Hall–Kier alpha value is -4.21. The maximum atomic E-state index is 13.2. The summed E-state index contributed by atoms with van der Waals surface area (Å²) >= 11 is 6.21. The molecule has 0 aliphatic rings. The van der Waals surface area contributed by atoms with E-state index in [1.54, 1.807) is 44.3 Å². The van der Waals surface area contributed by atoms with Gasteiger partial charge in [-0.1, -0.05) is 54.9 Å². The van der Waals surface area contributed by atoms with E-state index in [0.717, 1.165) is 0 Å². The second kappa shape index (κ2) is 17.0. The summed E-state index contributed by atoms with van der Waals surface area (Å²) in [6.45, 7) is 7.12. The zero-order valence-electron chi connectivity index (χ0n) is 25.0. The normalized spacial score (nSPS) is 13.4. The third-order valence-corrected chi connectivity index (χ3v) is 6.76. The SMILES string of the molecule is Cc1cc(C(=O)N[C@H](C(=O)N[C@@H](CCCCN(C)C(=O)C(C#N)=CC(C)C)C(=O)NCc2ccccc2Cl)[C@@H](C)O)no1. The third kappa shape index (κ3) is 11.2. The molecule has 2 rings (SSSR count). The number of aliphatic hydroxyl groups is 1. The van der Waals surface area contributed by atoms with Gasteiger partial charge in [0.2, 0.25) is 11.8 Å². The van der Waals surface area contributed by atoms with Crippen molar-refractivity contribution in [2.24, 2.45) is 5.92 Å². The van der Waals surface area contributed by atoms with Crippen molar-refractivity contribution in [3.05, 3.63) is 64.0 Å². The number of carbonyl (C=O) groups is 4. The van der Waals surface area contributed by atoms with Crippen molar-refractivity contribution in [1.82, 2.24) is 26.0 Å². The molecule has 2 aromatic rings. The lowest BCUT2D eigenvalue weighted by Crippen LogP contribution is -2.57. The number of carbonyl (C=O) groups excluding carboxylic acids is 4. The first kappa shape index (κ1) is 35.0. The standard InChI is InChI=1S/C30H39ClN6O6/c1-18(2)14-22(16-32)30(42)37(5)13-9-8-12-24(27(39)33-17-21-10-6-7-11-23(21)31)34-29(41)26(20(4)38)35-28(40)25-15-19(3)43-36-25/h6-7,10-11,14-15,18,20,24,26,38H,8-9,12-13,17H2,1-5H3,(H,33,39)(H,34,41)(H,35,40)/t20-,24+,26+/m1/s1. The van der Waals surface area contributed by atoms with Gasteiger partial charge in [0.25, 0.3) is 11.8 Å². The highest BCUT2D eigenvalue weighted by Gasteiger charge is 2.30. The predicted octanol–water partition coefficient (Wildman–Crippen LogP) is 2.65. The average molecular weight is 615 g/mol. The molecule has 0 aliphatic carbocycles. The minimum atomic E-state index is -1.38. The Morgan fingerprint density at radius 3 is 2.42 bits per heavy atom. The third-order valence-electron chi connectivity index (χ3n) is 6.39. The Morgan fingerprint density at radius 1 is 1.14 bits per heavy atom. The van der Waals surface area contributed by atoms with Crippen LogP contribution in [0.2, 0.25) is 5.02 Å². The molecule has 1 heterocycles. The number of hydrogen-bond donors (Lipinski definition) is 4. The molecule has 0 aliphatic heterocycles. The molecular formula is C30H39ClN6O6. The largest absolute Gasteiger partial charge is 0.391 e. The van der Waals surface area contributed by atoms with Crippen LogP contribution in [0.25, 0.3) is 0 Å². The molecule has 4 N–H and O–H groups in total. The van der Waals surface area contributed by atoms with Gasteiger partial charge in [-0.2, -0.15) is 5.26 Å². The molecule has 13 heteroatoms. The van der Waals surface area contributed by atoms with Gasteiger partial charge in [0.05, 0.1) is 6.10 Å². The molecule has 43 heavy (non-hydrogen) atoms. The second-order valence-electron chi connectivity index (χ2n) is 10.5. The molecule has 3 atom stereocenters. The summed E-state index contributed by atoms with van der Waals surface area (Å²) < 4.78 is 4.90. The van der Waals surface area contributed by atoms with E-state index in [0.29, 0.717) is 35.7 Å².